The molecule has 0 saturated carbocycles. The lowest BCUT2D eigenvalue weighted by Gasteiger charge is -2.22. The van der Waals surface area contributed by atoms with Crippen molar-refractivity contribution in [3.63, 3.8) is 0 Å². The van der Waals surface area contributed by atoms with Crippen LogP contribution in [-0.2, 0) is 4.79 Å². The van der Waals surface area contributed by atoms with E-state index in [-0.39, 0.29) is 24.1 Å². The van der Waals surface area contributed by atoms with Crippen LogP contribution in [0.5, 0.6) is 11.5 Å². The lowest BCUT2D eigenvalue weighted by molar-refractivity contribution is -0.384. The number of hydrogen-bond donors (Lipinski definition) is 2. The molecule has 0 aliphatic carbocycles. The Morgan fingerprint density at radius 3 is 2.55 bits per heavy atom. The smallest absolute Gasteiger partial charge is 0.319 e. The van der Waals surface area contributed by atoms with Gasteiger partial charge in [0.15, 0.2) is 11.5 Å². The van der Waals surface area contributed by atoms with Crippen molar-refractivity contribution in [3.05, 3.63) is 52.6 Å². The minimum atomic E-state index is -0.513. The Kier molecular flexibility index (Phi) is 4.90. The fourth-order valence-electron chi connectivity index (χ4n) is 3.27. The van der Waals surface area contributed by atoms with Crippen LogP contribution in [0.4, 0.5) is 21.9 Å². The average molecular weight is 398 g/mol. The molecule has 0 spiro atoms. The molecule has 3 amide bonds. The molecule has 2 aromatic rings. The molecule has 1 fully saturated rings. The van der Waals surface area contributed by atoms with E-state index < -0.39 is 11.0 Å². The Balaban J connectivity index is 1.36. The summed E-state index contributed by atoms with van der Waals surface area (Å²) in [5.41, 5.74) is 1.04. The number of non-ortho nitro benzene ring substituents is 1. The first-order valence-electron chi connectivity index (χ1n) is 9.01. The second-order valence-corrected chi connectivity index (χ2v) is 6.64. The van der Waals surface area contributed by atoms with Crippen molar-refractivity contribution in [1.29, 1.82) is 0 Å². The van der Waals surface area contributed by atoms with Gasteiger partial charge in [-0.25, -0.2) is 4.79 Å². The minimum absolute atomic E-state index is 0.0626. The van der Waals surface area contributed by atoms with Gasteiger partial charge >= 0.3 is 6.03 Å². The normalized spacial score (nSPS) is 17.7. The van der Waals surface area contributed by atoms with Crippen LogP contribution < -0.4 is 25.0 Å². The Bertz CT molecular complexity index is 962. The third kappa shape index (κ3) is 4.05. The summed E-state index contributed by atoms with van der Waals surface area (Å²) in [6, 6.07) is 9.94. The quantitative estimate of drug-likeness (QED) is 0.602. The molecule has 2 aromatic carbocycles. The Hall–Kier alpha value is -3.82. The number of carbonyl (C=O) groups excluding carboxylic acids is 2. The van der Waals surface area contributed by atoms with Crippen molar-refractivity contribution < 1.29 is 24.0 Å². The summed E-state index contributed by atoms with van der Waals surface area (Å²) in [6.45, 7) is 1.27. The number of rotatable bonds is 4. The van der Waals surface area contributed by atoms with Gasteiger partial charge in [0, 0.05) is 42.5 Å². The van der Waals surface area contributed by atoms with Gasteiger partial charge in [-0.3, -0.25) is 14.9 Å². The van der Waals surface area contributed by atoms with Crippen LogP contribution in [0, 0.1) is 10.1 Å². The van der Waals surface area contributed by atoms with Gasteiger partial charge in [-0.1, -0.05) is 0 Å². The van der Waals surface area contributed by atoms with Crippen LogP contribution in [-0.4, -0.2) is 42.7 Å². The number of amides is 3. The first-order valence-corrected chi connectivity index (χ1v) is 9.01. The molecule has 1 unspecified atom stereocenters. The second kappa shape index (κ2) is 7.66. The van der Waals surface area contributed by atoms with Crippen molar-refractivity contribution in [1.82, 2.24) is 5.32 Å². The number of nitrogens with zero attached hydrogens (tertiary/aromatic N) is 2. The number of urea groups is 1. The zero-order valence-electron chi connectivity index (χ0n) is 15.3. The molecule has 10 nitrogen and oxygen atoms in total. The number of carbonyl (C=O) groups is 2. The molecule has 2 heterocycles. The molecule has 1 atom stereocenters. The summed E-state index contributed by atoms with van der Waals surface area (Å²) in [4.78, 5) is 36.4. The Labute approximate surface area is 165 Å². The topological polar surface area (TPSA) is 123 Å². The maximum atomic E-state index is 12.4. The van der Waals surface area contributed by atoms with Crippen LogP contribution in [0.15, 0.2) is 42.5 Å². The summed E-state index contributed by atoms with van der Waals surface area (Å²) in [5.74, 6) is 1.12. The maximum Gasteiger partial charge on any atom is 0.319 e. The highest BCUT2D eigenvalue weighted by Gasteiger charge is 2.32. The van der Waals surface area contributed by atoms with E-state index in [1.165, 1.54) is 24.3 Å². The van der Waals surface area contributed by atoms with E-state index in [9.17, 15) is 19.7 Å². The SMILES string of the molecule is O=C(Nc1ccc([N+](=O)[O-])cc1)NC1CC(=O)N(c2ccc3c(c2)OCCO3)C1. The third-order valence-corrected chi connectivity index (χ3v) is 4.63. The van der Waals surface area contributed by atoms with Crippen LogP contribution in [0.1, 0.15) is 6.42 Å². The summed E-state index contributed by atoms with van der Waals surface area (Å²) in [6.07, 6.45) is 0.169. The fraction of sp³-hybridized carbons (Fsp3) is 0.263. The highest BCUT2D eigenvalue weighted by molar-refractivity contribution is 5.98. The highest BCUT2D eigenvalue weighted by atomic mass is 16.6. The predicted octanol–water partition coefficient (Wildman–Crippen LogP) is 2.29. The summed E-state index contributed by atoms with van der Waals surface area (Å²) >= 11 is 0. The average Bonchev–Trinajstić information content (AvgIpc) is 3.07. The van der Waals surface area contributed by atoms with Crippen molar-refractivity contribution in [2.24, 2.45) is 0 Å². The van der Waals surface area contributed by atoms with E-state index in [1.54, 1.807) is 23.1 Å². The van der Waals surface area contributed by atoms with Crippen molar-refractivity contribution >= 4 is 29.0 Å². The molecule has 10 heteroatoms. The van der Waals surface area contributed by atoms with Crippen LogP contribution in [0.25, 0.3) is 0 Å². The van der Waals surface area contributed by atoms with Crippen molar-refractivity contribution in [2.45, 2.75) is 12.5 Å². The van der Waals surface area contributed by atoms with E-state index in [0.717, 1.165) is 0 Å². The number of nitro groups is 1. The van der Waals surface area contributed by atoms with Gasteiger partial charge in [-0.2, -0.15) is 0 Å². The van der Waals surface area contributed by atoms with Gasteiger partial charge in [0.1, 0.15) is 13.2 Å². The second-order valence-electron chi connectivity index (χ2n) is 6.64. The number of benzene rings is 2. The molecule has 0 aromatic heterocycles. The molecule has 2 N–H and O–H groups in total. The zero-order chi connectivity index (χ0) is 20.4. The molecule has 2 aliphatic rings. The largest absolute Gasteiger partial charge is 0.486 e. The number of anilines is 2. The summed E-state index contributed by atoms with van der Waals surface area (Å²) in [5, 5.41) is 16.0. The number of fused-ring (bicyclic) bond motifs is 1. The number of hydrogen-bond acceptors (Lipinski definition) is 6. The fourth-order valence-corrected chi connectivity index (χ4v) is 3.27. The zero-order valence-corrected chi connectivity index (χ0v) is 15.3. The van der Waals surface area contributed by atoms with Crippen LogP contribution >= 0.6 is 0 Å². The van der Waals surface area contributed by atoms with Crippen LogP contribution in [0.2, 0.25) is 0 Å². The van der Waals surface area contributed by atoms with Crippen molar-refractivity contribution in [2.75, 3.05) is 30.0 Å². The highest BCUT2D eigenvalue weighted by Crippen LogP contribution is 2.35. The molecule has 29 heavy (non-hydrogen) atoms. The van der Waals surface area contributed by atoms with Crippen LogP contribution in [0.3, 0.4) is 0 Å². The third-order valence-electron chi connectivity index (χ3n) is 4.63. The Morgan fingerprint density at radius 1 is 1.10 bits per heavy atom. The predicted molar refractivity (Wildman–Crippen MR) is 103 cm³/mol. The van der Waals surface area contributed by atoms with E-state index in [1.807, 2.05) is 0 Å². The van der Waals surface area contributed by atoms with Gasteiger partial charge in [0.2, 0.25) is 5.91 Å². The monoisotopic (exact) mass is 398 g/mol. The standard InChI is InChI=1S/C19H18N4O6/c24-18-9-13(21-19(25)20-12-1-3-14(4-2-12)23(26)27)11-22(18)15-5-6-16-17(10-15)29-8-7-28-16/h1-6,10,13H,7-9,11H2,(H2,20,21,25). The molecule has 0 bridgehead atoms. The van der Waals surface area contributed by atoms with E-state index in [0.29, 0.717) is 42.6 Å². The lowest BCUT2D eigenvalue weighted by Crippen LogP contribution is -2.39. The lowest BCUT2D eigenvalue weighted by atomic mass is 10.2. The minimum Gasteiger partial charge on any atom is -0.486 e. The van der Waals surface area contributed by atoms with Gasteiger partial charge in [0.25, 0.3) is 5.69 Å². The van der Waals surface area contributed by atoms with Crippen molar-refractivity contribution in [3.8, 4) is 11.5 Å². The van der Waals surface area contributed by atoms with E-state index >= 15 is 0 Å². The van der Waals surface area contributed by atoms with Gasteiger partial charge < -0.3 is 25.0 Å². The molecule has 1 saturated heterocycles. The first-order chi connectivity index (χ1) is 14.0. The van der Waals surface area contributed by atoms with Gasteiger partial charge in [0.05, 0.1) is 11.0 Å². The summed E-state index contributed by atoms with van der Waals surface area (Å²) in [7, 11) is 0. The maximum absolute atomic E-state index is 12.4. The Morgan fingerprint density at radius 2 is 1.83 bits per heavy atom. The van der Waals surface area contributed by atoms with Gasteiger partial charge in [-0.15, -0.1) is 0 Å². The van der Waals surface area contributed by atoms with E-state index in [2.05, 4.69) is 10.6 Å². The molecule has 150 valence electrons. The molecular weight excluding hydrogens is 380 g/mol. The number of ether oxygens (including phenoxy) is 2. The number of nitrogens with one attached hydrogen (secondary N) is 2. The molecule has 0 radical (unpaired) electrons. The molecule has 2 aliphatic heterocycles. The number of nitro benzene ring substituents is 1. The van der Waals surface area contributed by atoms with E-state index in [4.69, 9.17) is 9.47 Å². The molecule has 4 rings (SSSR count). The molecular formula is C19H18N4O6. The summed E-state index contributed by atoms with van der Waals surface area (Å²) < 4.78 is 11.0. The van der Waals surface area contributed by atoms with Gasteiger partial charge in [-0.05, 0) is 24.3 Å². The first kappa shape index (κ1) is 18.5.